The van der Waals surface area contributed by atoms with Crippen LogP contribution in [0.25, 0.3) is 0 Å². The highest BCUT2D eigenvalue weighted by Gasteiger charge is 2.24. The van der Waals surface area contributed by atoms with Gasteiger partial charge >= 0.3 is 0 Å². The van der Waals surface area contributed by atoms with Crippen molar-refractivity contribution < 1.29 is 4.74 Å². The van der Waals surface area contributed by atoms with Gasteiger partial charge in [0.1, 0.15) is 0 Å². The molecule has 0 bridgehead atoms. The Morgan fingerprint density at radius 3 is 2.43 bits per heavy atom. The van der Waals surface area contributed by atoms with Crippen LogP contribution >= 0.6 is 15.9 Å². The van der Waals surface area contributed by atoms with E-state index < -0.39 is 0 Å². The van der Waals surface area contributed by atoms with E-state index in [1.807, 2.05) is 0 Å². The average molecular weight is 357 g/mol. The van der Waals surface area contributed by atoms with Gasteiger partial charge in [0.25, 0.3) is 0 Å². The third-order valence-electron chi connectivity index (χ3n) is 4.17. The lowest BCUT2D eigenvalue weighted by Gasteiger charge is -2.37. The summed E-state index contributed by atoms with van der Waals surface area (Å²) in [7, 11) is 1.75. The Labute approximate surface area is 138 Å². The molecule has 2 N–H and O–H groups in total. The summed E-state index contributed by atoms with van der Waals surface area (Å²) < 4.78 is 6.44. The molecule has 0 saturated heterocycles. The molecule has 1 aromatic carbocycles. The zero-order valence-electron chi connectivity index (χ0n) is 13.7. The second-order valence-electron chi connectivity index (χ2n) is 5.46. The zero-order valence-corrected chi connectivity index (χ0v) is 15.3. The Morgan fingerprint density at radius 1 is 1.29 bits per heavy atom. The van der Waals surface area contributed by atoms with Gasteiger partial charge in [0, 0.05) is 36.8 Å². The molecule has 21 heavy (non-hydrogen) atoms. The van der Waals surface area contributed by atoms with Gasteiger partial charge in [-0.25, -0.2) is 0 Å². The molecular weight excluding hydrogens is 328 g/mol. The first-order valence-corrected chi connectivity index (χ1v) is 8.59. The van der Waals surface area contributed by atoms with Gasteiger partial charge in [-0.05, 0) is 37.0 Å². The molecule has 0 amide bonds. The molecule has 0 radical (unpaired) electrons. The molecule has 3 nitrogen and oxygen atoms in total. The predicted octanol–water partition coefficient (Wildman–Crippen LogP) is 3.89. The fourth-order valence-corrected chi connectivity index (χ4v) is 3.22. The van der Waals surface area contributed by atoms with E-state index in [1.165, 1.54) is 11.1 Å². The lowest BCUT2D eigenvalue weighted by atomic mass is 10.00. The van der Waals surface area contributed by atoms with Crippen LogP contribution in [0.5, 0.6) is 0 Å². The average Bonchev–Trinajstić information content (AvgIpc) is 2.49. The molecule has 0 aromatic heterocycles. The SMILES string of the molecule is CCC(CC)N(CCOC)C(CN)c1ccc(C)c(Br)c1. The van der Waals surface area contributed by atoms with Gasteiger partial charge in [0.15, 0.2) is 0 Å². The van der Waals surface area contributed by atoms with Gasteiger partial charge in [0.2, 0.25) is 0 Å². The van der Waals surface area contributed by atoms with Crippen molar-refractivity contribution in [3.05, 3.63) is 33.8 Å². The molecule has 1 atom stereocenters. The van der Waals surface area contributed by atoms with Crippen molar-refractivity contribution in [2.45, 2.75) is 45.7 Å². The van der Waals surface area contributed by atoms with Crippen LogP contribution < -0.4 is 5.73 Å². The summed E-state index contributed by atoms with van der Waals surface area (Å²) in [6.45, 7) is 8.86. The quantitative estimate of drug-likeness (QED) is 0.729. The number of halogens is 1. The maximum Gasteiger partial charge on any atom is 0.0590 e. The zero-order chi connectivity index (χ0) is 15.8. The minimum atomic E-state index is 0.238. The van der Waals surface area contributed by atoms with Crippen LogP contribution in [0.4, 0.5) is 0 Å². The smallest absolute Gasteiger partial charge is 0.0590 e. The molecule has 1 unspecified atom stereocenters. The van der Waals surface area contributed by atoms with E-state index in [1.54, 1.807) is 7.11 Å². The summed E-state index contributed by atoms with van der Waals surface area (Å²) in [5.74, 6) is 0. The molecule has 4 heteroatoms. The Balaban J connectivity index is 3.06. The Kier molecular flexibility index (Phi) is 8.49. The largest absolute Gasteiger partial charge is 0.383 e. The van der Waals surface area contributed by atoms with Crippen LogP contribution in [0.15, 0.2) is 22.7 Å². The lowest BCUT2D eigenvalue weighted by molar-refractivity contribution is 0.0817. The number of benzene rings is 1. The van der Waals surface area contributed by atoms with E-state index in [9.17, 15) is 0 Å². The lowest BCUT2D eigenvalue weighted by Crippen LogP contribution is -2.42. The highest BCUT2D eigenvalue weighted by atomic mass is 79.9. The van der Waals surface area contributed by atoms with Crippen LogP contribution in [0, 0.1) is 6.92 Å². The number of ether oxygens (including phenoxy) is 1. The Morgan fingerprint density at radius 2 is 1.95 bits per heavy atom. The van der Waals surface area contributed by atoms with Gasteiger partial charge in [-0.15, -0.1) is 0 Å². The highest BCUT2D eigenvalue weighted by molar-refractivity contribution is 9.10. The first kappa shape index (κ1) is 18.6. The third kappa shape index (κ3) is 5.06. The van der Waals surface area contributed by atoms with Crippen molar-refractivity contribution in [2.75, 3.05) is 26.8 Å². The summed E-state index contributed by atoms with van der Waals surface area (Å²) in [5, 5.41) is 0. The minimum Gasteiger partial charge on any atom is -0.383 e. The number of nitrogens with zero attached hydrogens (tertiary/aromatic N) is 1. The van der Waals surface area contributed by atoms with E-state index in [0.717, 1.165) is 30.5 Å². The first-order chi connectivity index (χ1) is 10.1. The summed E-state index contributed by atoms with van der Waals surface area (Å²) in [5.41, 5.74) is 8.64. The van der Waals surface area contributed by atoms with Gasteiger partial charge in [-0.1, -0.05) is 41.9 Å². The molecule has 0 aliphatic rings. The molecular formula is C17H29BrN2O. The van der Waals surface area contributed by atoms with Crippen LogP contribution in [0.1, 0.15) is 43.9 Å². The number of methoxy groups -OCH3 is 1. The molecule has 0 heterocycles. The summed E-state index contributed by atoms with van der Waals surface area (Å²) in [6.07, 6.45) is 2.26. The summed E-state index contributed by atoms with van der Waals surface area (Å²) in [4.78, 5) is 2.50. The van der Waals surface area contributed by atoms with Crippen LogP contribution in [-0.2, 0) is 4.74 Å². The molecule has 0 spiro atoms. The van der Waals surface area contributed by atoms with Gasteiger partial charge in [-0.2, -0.15) is 0 Å². The summed E-state index contributed by atoms with van der Waals surface area (Å²) >= 11 is 3.63. The molecule has 0 aliphatic carbocycles. The van der Waals surface area contributed by atoms with Crippen molar-refractivity contribution in [1.29, 1.82) is 0 Å². The topological polar surface area (TPSA) is 38.5 Å². The van der Waals surface area contributed by atoms with E-state index in [-0.39, 0.29) is 6.04 Å². The standard InChI is InChI=1S/C17H29BrN2O/c1-5-15(6-2)20(9-10-21-4)17(12-19)14-8-7-13(3)16(18)11-14/h7-8,11,15,17H,5-6,9-10,12,19H2,1-4H3. The normalized spacial score (nSPS) is 13.1. The molecule has 0 fully saturated rings. The number of hydrogen-bond acceptors (Lipinski definition) is 3. The fraction of sp³-hybridized carbons (Fsp3) is 0.647. The first-order valence-electron chi connectivity index (χ1n) is 7.79. The second-order valence-corrected chi connectivity index (χ2v) is 6.32. The van der Waals surface area contributed by atoms with Crippen molar-refractivity contribution in [1.82, 2.24) is 4.90 Å². The second kappa shape index (κ2) is 9.57. The fourth-order valence-electron chi connectivity index (χ4n) is 2.83. The van der Waals surface area contributed by atoms with Crippen molar-refractivity contribution in [3.8, 4) is 0 Å². The number of hydrogen-bond donors (Lipinski definition) is 1. The van der Waals surface area contributed by atoms with Crippen molar-refractivity contribution in [2.24, 2.45) is 5.73 Å². The van der Waals surface area contributed by atoms with Crippen LogP contribution in [-0.4, -0.2) is 37.7 Å². The monoisotopic (exact) mass is 356 g/mol. The number of aryl methyl sites for hydroxylation is 1. The molecule has 120 valence electrons. The van der Waals surface area contributed by atoms with E-state index in [2.05, 4.69) is 59.8 Å². The molecule has 0 aliphatic heterocycles. The molecule has 1 rings (SSSR count). The predicted molar refractivity (Wildman–Crippen MR) is 93.6 cm³/mol. The van der Waals surface area contributed by atoms with Gasteiger partial charge < -0.3 is 10.5 Å². The van der Waals surface area contributed by atoms with Crippen LogP contribution in [0.2, 0.25) is 0 Å². The van der Waals surface area contributed by atoms with E-state index >= 15 is 0 Å². The molecule has 1 aromatic rings. The highest BCUT2D eigenvalue weighted by Crippen LogP contribution is 2.28. The Hall–Kier alpha value is -0.420. The summed E-state index contributed by atoms with van der Waals surface area (Å²) in [6, 6.07) is 7.33. The van der Waals surface area contributed by atoms with Crippen molar-refractivity contribution in [3.63, 3.8) is 0 Å². The van der Waals surface area contributed by atoms with Crippen molar-refractivity contribution >= 4 is 15.9 Å². The van der Waals surface area contributed by atoms with Gasteiger partial charge in [0.05, 0.1) is 6.61 Å². The van der Waals surface area contributed by atoms with Crippen LogP contribution in [0.3, 0.4) is 0 Å². The minimum absolute atomic E-state index is 0.238. The number of nitrogens with two attached hydrogens (primary N) is 1. The molecule has 0 saturated carbocycles. The number of rotatable bonds is 9. The van der Waals surface area contributed by atoms with E-state index in [0.29, 0.717) is 12.6 Å². The van der Waals surface area contributed by atoms with E-state index in [4.69, 9.17) is 10.5 Å². The Bertz CT molecular complexity index is 421. The third-order valence-corrected chi connectivity index (χ3v) is 5.02. The van der Waals surface area contributed by atoms with Gasteiger partial charge in [-0.3, -0.25) is 4.90 Å². The maximum atomic E-state index is 6.11. The maximum absolute atomic E-state index is 6.11.